The Kier molecular flexibility index (Phi) is 6.74. The van der Waals surface area contributed by atoms with E-state index < -0.39 is 12.3 Å². The fraction of sp³-hybridized carbons (Fsp3) is 0.667. The van der Waals surface area contributed by atoms with Crippen molar-refractivity contribution in [3.63, 3.8) is 0 Å². The summed E-state index contributed by atoms with van der Waals surface area (Å²) < 4.78 is 8.62. The van der Waals surface area contributed by atoms with Gasteiger partial charge < -0.3 is 9.47 Å². The van der Waals surface area contributed by atoms with Crippen molar-refractivity contribution in [1.29, 1.82) is 0 Å². The fourth-order valence-electron chi connectivity index (χ4n) is 0.388. The molecular formula is C6H10N2O6. The summed E-state index contributed by atoms with van der Waals surface area (Å²) in [6.07, 6.45) is -2.08. The summed E-state index contributed by atoms with van der Waals surface area (Å²) >= 11 is 0. The number of rotatable bonds is 4. The van der Waals surface area contributed by atoms with Gasteiger partial charge in [-0.1, -0.05) is 0 Å². The summed E-state index contributed by atoms with van der Waals surface area (Å²) in [5.41, 5.74) is 0. The molecule has 80 valence electrons. The quantitative estimate of drug-likeness (QED) is 0.394. The van der Waals surface area contributed by atoms with Crippen LogP contribution in [0.5, 0.6) is 0 Å². The maximum Gasteiger partial charge on any atom is 0.536 e. The van der Waals surface area contributed by atoms with E-state index in [1.54, 1.807) is 13.8 Å². The predicted molar refractivity (Wildman–Crippen MR) is 41.1 cm³/mol. The van der Waals surface area contributed by atoms with Crippen LogP contribution in [-0.2, 0) is 19.1 Å². The van der Waals surface area contributed by atoms with Gasteiger partial charge in [-0.3, -0.25) is 9.68 Å². The van der Waals surface area contributed by atoms with Gasteiger partial charge in [-0.05, 0) is 13.8 Å². The maximum atomic E-state index is 10.4. The van der Waals surface area contributed by atoms with E-state index in [4.69, 9.17) is 0 Å². The zero-order valence-corrected chi connectivity index (χ0v) is 7.76. The lowest BCUT2D eigenvalue weighted by Gasteiger charge is -1.96. The van der Waals surface area contributed by atoms with Crippen molar-refractivity contribution < 1.29 is 28.7 Å². The number of hydrogen-bond acceptors (Lipinski definition) is 8. The van der Waals surface area contributed by atoms with Crippen LogP contribution in [0.1, 0.15) is 13.8 Å². The van der Waals surface area contributed by atoms with E-state index in [1.807, 2.05) is 0 Å². The van der Waals surface area contributed by atoms with Crippen molar-refractivity contribution in [3.05, 3.63) is 0 Å². The van der Waals surface area contributed by atoms with Crippen LogP contribution < -0.4 is 0 Å². The summed E-state index contributed by atoms with van der Waals surface area (Å²) in [6, 6.07) is 0. The van der Waals surface area contributed by atoms with Crippen LogP contribution in [0, 0.1) is 0 Å². The number of nitrogens with zero attached hydrogens (tertiary/aromatic N) is 2. The zero-order valence-electron chi connectivity index (χ0n) is 7.76. The largest absolute Gasteiger partial charge is 0.536 e. The lowest BCUT2D eigenvalue weighted by molar-refractivity contribution is 0.0178. The van der Waals surface area contributed by atoms with E-state index in [-0.39, 0.29) is 13.2 Å². The molecule has 0 aliphatic rings. The molecule has 0 N–H and O–H groups in total. The first-order valence-corrected chi connectivity index (χ1v) is 3.78. The van der Waals surface area contributed by atoms with Crippen molar-refractivity contribution in [2.75, 3.05) is 13.2 Å². The molecular weight excluding hydrogens is 196 g/mol. The highest BCUT2D eigenvalue weighted by atomic mass is 16.9. The highest BCUT2D eigenvalue weighted by Crippen LogP contribution is 1.90. The Bertz CT molecular complexity index is 194. The molecule has 0 radical (unpaired) electrons. The second kappa shape index (κ2) is 7.77. The molecule has 0 aromatic carbocycles. The average Bonchev–Trinajstić information content (AvgIpc) is 2.13. The second-order valence-corrected chi connectivity index (χ2v) is 1.71. The number of carbonyl (C=O) groups is 2. The Balaban J connectivity index is 3.53. The van der Waals surface area contributed by atoms with Crippen molar-refractivity contribution in [1.82, 2.24) is 0 Å². The van der Waals surface area contributed by atoms with Crippen LogP contribution in [0.4, 0.5) is 9.59 Å². The topological polar surface area (TPSA) is 95.8 Å². The Hall–Kier alpha value is -1.86. The summed E-state index contributed by atoms with van der Waals surface area (Å²) in [5, 5.41) is 5.48. The molecule has 0 rings (SSSR count). The van der Waals surface area contributed by atoms with Gasteiger partial charge in [0.1, 0.15) is 0 Å². The summed E-state index contributed by atoms with van der Waals surface area (Å²) in [7, 11) is 0. The SMILES string of the molecule is CCOC(=O)ON=NOC(=O)OCC. The van der Waals surface area contributed by atoms with Gasteiger partial charge in [0.2, 0.25) is 0 Å². The molecule has 0 fully saturated rings. The minimum absolute atomic E-state index is 0.146. The van der Waals surface area contributed by atoms with E-state index in [2.05, 4.69) is 29.7 Å². The third-order valence-corrected chi connectivity index (χ3v) is 0.788. The first-order valence-electron chi connectivity index (χ1n) is 3.78. The zero-order chi connectivity index (χ0) is 10.8. The van der Waals surface area contributed by atoms with Crippen LogP contribution in [0.15, 0.2) is 10.6 Å². The highest BCUT2D eigenvalue weighted by Gasteiger charge is 2.02. The molecule has 0 saturated carbocycles. The third kappa shape index (κ3) is 6.83. The maximum absolute atomic E-state index is 10.4. The van der Waals surface area contributed by atoms with Gasteiger partial charge in [-0.25, -0.2) is 9.59 Å². The molecule has 0 aliphatic carbocycles. The summed E-state index contributed by atoms with van der Waals surface area (Å²) in [5.74, 6) is 0. The molecule has 0 amide bonds. The molecule has 0 aromatic rings. The standard InChI is InChI=1S/C6H10N2O6/c1-3-11-5(9)13-7-8-14-6(10)12-4-2/h3-4H2,1-2H3. The minimum atomic E-state index is -1.04. The smallest absolute Gasteiger partial charge is 0.433 e. The minimum Gasteiger partial charge on any atom is -0.433 e. The van der Waals surface area contributed by atoms with Crippen LogP contribution in [0.2, 0.25) is 0 Å². The molecule has 0 spiro atoms. The molecule has 0 saturated heterocycles. The Morgan fingerprint density at radius 1 is 0.929 bits per heavy atom. The van der Waals surface area contributed by atoms with E-state index in [9.17, 15) is 9.59 Å². The van der Waals surface area contributed by atoms with Crippen LogP contribution in [0.3, 0.4) is 0 Å². The van der Waals surface area contributed by atoms with Gasteiger partial charge in [-0.2, -0.15) is 0 Å². The van der Waals surface area contributed by atoms with Gasteiger partial charge in [0.05, 0.1) is 23.8 Å². The van der Waals surface area contributed by atoms with Crippen molar-refractivity contribution in [2.24, 2.45) is 10.6 Å². The normalized spacial score (nSPS) is 9.57. The summed E-state index contributed by atoms with van der Waals surface area (Å²) in [6.45, 7) is 3.47. The Labute approximate surface area is 79.7 Å². The molecule has 0 bridgehead atoms. The molecule has 0 atom stereocenters. The van der Waals surface area contributed by atoms with Crippen LogP contribution >= 0.6 is 0 Å². The van der Waals surface area contributed by atoms with Crippen LogP contribution in [-0.4, -0.2) is 25.5 Å². The number of carbonyl (C=O) groups excluding carboxylic acids is 2. The Morgan fingerprint density at radius 3 is 1.57 bits per heavy atom. The first kappa shape index (κ1) is 12.1. The lowest BCUT2D eigenvalue weighted by atomic mass is 10.9. The molecule has 14 heavy (non-hydrogen) atoms. The van der Waals surface area contributed by atoms with Crippen LogP contribution in [0.25, 0.3) is 0 Å². The molecule has 0 heterocycles. The average molecular weight is 206 g/mol. The lowest BCUT2D eigenvalue weighted by Crippen LogP contribution is -2.04. The van der Waals surface area contributed by atoms with Crippen molar-refractivity contribution in [2.45, 2.75) is 13.8 Å². The monoisotopic (exact) mass is 206 g/mol. The molecule has 8 nitrogen and oxygen atoms in total. The van der Waals surface area contributed by atoms with E-state index in [1.165, 1.54) is 0 Å². The molecule has 8 heteroatoms. The van der Waals surface area contributed by atoms with Gasteiger partial charge in [-0.15, -0.1) is 0 Å². The highest BCUT2D eigenvalue weighted by molar-refractivity contribution is 5.59. The predicted octanol–water partition coefficient (Wildman–Crippen LogP) is 1.61. The van der Waals surface area contributed by atoms with Gasteiger partial charge in [0.15, 0.2) is 0 Å². The van der Waals surface area contributed by atoms with E-state index in [0.717, 1.165) is 0 Å². The summed E-state index contributed by atoms with van der Waals surface area (Å²) in [4.78, 5) is 28.8. The molecule has 0 unspecified atom stereocenters. The van der Waals surface area contributed by atoms with Gasteiger partial charge >= 0.3 is 12.3 Å². The number of hydrogen-bond donors (Lipinski definition) is 0. The van der Waals surface area contributed by atoms with Gasteiger partial charge in [0, 0.05) is 0 Å². The number of ether oxygens (including phenoxy) is 2. The Morgan fingerprint density at radius 2 is 1.29 bits per heavy atom. The first-order chi connectivity index (χ1) is 6.70. The van der Waals surface area contributed by atoms with E-state index >= 15 is 0 Å². The van der Waals surface area contributed by atoms with Crippen molar-refractivity contribution in [3.8, 4) is 0 Å². The molecule has 0 aromatic heterocycles. The molecule has 0 aliphatic heterocycles. The second-order valence-electron chi connectivity index (χ2n) is 1.71. The fourth-order valence-corrected chi connectivity index (χ4v) is 0.388. The van der Waals surface area contributed by atoms with Gasteiger partial charge in [0.25, 0.3) is 0 Å². The third-order valence-electron chi connectivity index (χ3n) is 0.788. The van der Waals surface area contributed by atoms with Crippen molar-refractivity contribution >= 4 is 12.3 Å². The van der Waals surface area contributed by atoms with E-state index in [0.29, 0.717) is 0 Å².